The van der Waals surface area contributed by atoms with Crippen molar-refractivity contribution < 1.29 is 4.74 Å². The first-order valence-electron chi connectivity index (χ1n) is 6.88. The molecule has 0 saturated carbocycles. The Morgan fingerprint density at radius 1 is 1.11 bits per heavy atom. The Balaban J connectivity index is 1.80. The Kier molecular flexibility index (Phi) is 3.51. The van der Waals surface area contributed by atoms with Gasteiger partial charge in [-0.05, 0) is 35.2 Å². The first kappa shape index (κ1) is 12.2. The standard InChI is InChI=1S/C17H19NO/c1-2-13-7-9-15(10-8-13)18-17-12-19-11-14-5-3-4-6-16(14)17/h3-10,17-18H,2,11-12H2,1H3. The topological polar surface area (TPSA) is 21.3 Å². The van der Waals surface area contributed by atoms with Gasteiger partial charge in [-0.15, -0.1) is 0 Å². The average molecular weight is 253 g/mol. The molecule has 1 N–H and O–H groups in total. The lowest BCUT2D eigenvalue weighted by Gasteiger charge is -2.27. The van der Waals surface area contributed by atoms with Crippen LogP contribution in [0.2, 0.25) is 0 Å². The van der Waals surface area contributed by atoms with Crippen molar-refractivity contribution in [3.8, 4) is 0 Å². The van der Waals surface area contributed by atoms with E-state index < -0.39 is 0 Å². The van der Waals surface area contributed by atoms with Gasteiger partial charge in [-0.3, -0.25) is 0 Å². The maximum absolute atomic E-state index is 5.66. The van der Waals surface area contributed by atoms with Crippen molar-refractivity contribution in [1.82, 2.24) is 0 Å². The second kappa shape index (κ2) is 5.45. The number of aryl methyl sites for hydroxylation is 1. The summed E-state index contributed by atoms with van der Waals surface area (Å²) in [6.45, 7) is 3.63. The normalized spacial score (nSPS) is 17.8. The van der Waals surface area contributed by atoms with Crippen LogP contribution < -0.4 is 5.32 Å². The highest BCUT2D eigenvalue weighted by atomic mass is 16.5. The van der Waals surface area contributed by atoms with Crippen LogP contribution in [-0.2, 0) is 17.8 Å². The van der Waals surface area contributed by atoms with Gasteiger partial charge in [-0.25, -0.2) is 0 Å². The number of benzene rings is 2. The van der Waals surface area contributed by atoms with Gasteiger partial charge in [-0.1, -0.05) is 43.3 Å². The van der Waals surface area contributed by atoms with Gasteiger partial charge in [0.1, 0.15) is 0 Å². The van der Waals surface area contributed by atoms with Crippen molar-refractivity contribution in [1.29, 1.82) is 0 Å². The molecule has 1 aliphatic heterocycles. The van der Waals surface area contributed by atoms with Gasteiger partial charge >= 0.3 is 0 Å². The summed E-state index contributed by atoms with van der Waals surface area (Å²) in [6.07, 6.45) is 1.08. The molecular formula is C17H19NO. The third kappa shape index (κ3) is 2.64. The van der Waals surface area contributed by atoms with E-state index in [1.165, 1.54) is 16.7 Å². The summed E-state index contributed by atoms with van der Waals surface area (Å²) >= 11 is 0. The third-order valence-corrected chi connectivity index (χ3v) is 3.68. The van der Waals surface area contributed by atoms with Gasteiger partial charge in [0.2, 0.25) is 0 Å². The van der Waals surface area contributed by atoms with Crippen molar-refractivity contribution in [3.05, 3.63) is 65.2 Å². The first-order valence-corrected chi connectivity index (χ1v) is 6.88. The highest BCUT2D eigenvalue weighted by Gasteiger charge is 2.19. The summed E-state index contributed by atoms with van der Waals surface area (Å²) in [4.78, 5) is 0. The molecule has 1 unspecified atom stereocenters. The molecule has 3 rings (SSSR count). The van der Waals surface area contributed by atoms with E-state index in [2.05, 4.69) is 60.8 Å². The minimum absolute atomic E-state index is 0.248. The quantitative estimate of drug-likeness (QED) is 0.894. The number of nitrogens with one attached hydrogen (secondary N) is 1. The molecule has 98 valence electrons. The highest BCUT2D eigenvalue weighted by Crippen LogP contribution is 2.27. The largest absolute Gasteiger partial charge is 0.376 e. The monoisotopic (exact) mass is 253 g/mol. The fourth-order valence-electron chi connectivity index (χ4n) is 2.54. The van der Waals surface area contributed by atoms with Crippen molar-refractivity contribution >= 4 is 5.69 Å². The Morgan fingerprint density at radius 2 is 1.89 bits per heavy atom. The fraction of sp³-hybridized carbons (Fsp3) is 0.294. The molecule has 0 radical (unpaired) electrons. The lowest BCUT2D eigenvalue weighted by atomic mass is 9.99. The molecule has 0 saturated heterocycles. The molecule has 2 nitrogen and oxygen atoms in total. The third-order valence-electron chi connectivity index (χ3n) is 3.68. The van der Waals surface area contributed by atoms with Crippen LogP contribution in [0.1, 0.15) is 29.7 Å². The molecule has 0 fully saturated rings. The zero-order valence-electron chi connectivity index (χ0n) is 11.2. The smallest absolute Gasteiger partial charge is 0.0751 e. The van der Waals surface area contributed by atoms with Crippen LogP contribution in [-0.4, -0.2) is 6.61 Å². The zero-order chi connectivity index (χ0) is 13.1. The molecule has 0 aliphatic carbocycles. The van der Waals surface area contributed by atoms with Gasteiger partial charge in [0.15, 0.2) is 0 Å². The zero-order valence-corrected chi connectivity index (χ0v) is 11.2. The van der Waals surface area contributed by atoms with Crippen LogP contribution in [0, 0.1) is 0 Å². The van der Waals surface area contributed by atoms with Crippen molar-refractivity contribution in [2.24, 2.45) is 0 Å². The first-order chi connectivity index (χ1) is 9.36. The van der Waals surface area contributed by atoms with Gasteiger partial charge in [-0.2, -0.15) is 0 Å². The van der Waals surface area contributed by atoms with E-state index in [0.717, 1.165) is 25.3 Å². The number of fused-ring (bicyclic) bond motifs is 1. The van der Waals surface area contributed by atoms with Crippen molar-refractivity contribution in [2.45, 2.75) is 26.0 Å². The second-order valence-electron chi connectivity index (χ2n) is 4.96. The Labute approximate surface area is 114 Å². The number of hydrogen-bond donors (Lipinski definition) is 1. The molecule has 2 aromatic carbocycles. The molecule has 2 heteroatoms. The number of hydrogen-bond acceptors (Lipinski definition) is 2. The maximum atomic E-state index is 5.66. The predicted molar refractivity (Wildman–Crippen MR) is 78.3 cm³/mol. The number of rotatable bonds is 3. The van der Waals surface area contributed by atoms with Crippen LogP contribution in [0.25, 0.3) is 0 Å². The van der Waals surface area contributed by atoms with E-state index in [9.17, 15) is 0 Å². The van der Waals surface area contributed by atoms with Gasteiger partial charge < -0.3 is 10.1 Å². The van der Waals surface area contributed by atoms with Crippen LogP contribution in [0.15, 0.2) is 48.5 Å². The summed E-state index contributed by atoms with van der Waals surface area (Å²) in [5.41, 5.74) is 5.16. The predicted octanol–water partition coefficient (Wildman–Crippen LogP) is 3.93. The number of ether oxygens (including phenoxy) is 1. The van der Waals surface area contributed by atoms with E-state index in [4.69, 9.17) is 4.74 Å². The van der Waals surface area contributed by atoms with E-state index in [1.54, 1.807) is 0 Å². The average Bonchev–Trinajstić information content (AvgIpc) is 2.48. The fourth-order valence-corrected chi connectivity index (χ4v) is 2.54. The van der Waals surface area contributed by atoms with Crippen molar-refractivity contribution in [2.75, 3.05) is 11.9 Å². The summed E-state index contributed by atoms with van der Waals surface area (Å²) < 4.78 is 5.66. The minimum atomic E-state index is 0.248. The molecule has 2 aromatic rings. The van der Waals surface area contributed by atoms with E-state index in [-0.39, 0.29) is 6.04 Å². The number of anilines is 1. The molecule has 1 atom stereocenters. The summed E-state index contributed by atoms with van der Waals surface area (Å²) in [6, 6.07) is 17.4. The molecule has 0 bridgehead atoms. The SMILES string of the molecule is CCc1ccc(NC2COCc3ccccc32)cc1. The van der Waals surface area contributed by atoms with E-state index in [0.29, 0.717) is 0 Å². The van der Waals surface area contributed by atoms with Crippen LogP contribution in [0.3, 0.4) is 0 Å². The summed E-state index contributed by atoms with van der Waals surface area (Å²) in [7, 11) is 0. The molecular weight excluding hydrogens is 234 g/mol. The lowest BCUT2D eigenvalue weighted by Crippen LogP contribution is -2.23. The van der Waals surface area contributed by atoms with E-state index in [1.807, 2.05) is 0 Å². The van der Waals surface area contributed by atoms with Crippen LogP contribution >= 0.6 is 0 Å². The summed E-state index contributed by atoms with van der Waals surface area (Å²) in [5.74, 6) is 0. The summed E-state index contributed by atoms with van der Waals surface area (Å²) in [5, 5.41) is 3.56. The maximum Gasteiger partial charge on any atom is 0.0751 e. The van der Waals surface area contributed by atoms with Crippen LogP contribution in [0.5, 0.6) is 0 Å². The van der Waals surface area contributed by atoms with E-state index >= 15 is 0 Å². The van der Waals surface area contributed by atoms with Gasteiger partial charge in [0.05, 0.1) is 19.3 Å². The Bertz CT molecular complexity index is 547. The Hall–Kier alpha value is -1.80. The molecule has 1 aliphatic rings. The highest BCUT2D eigenvalue weighted by molar-refractivity contribution is 5.48. The molecule has 19 heavy (non-hydrogen) atoms. The van der Waals surface area contributed by atoms with Crippen LogP contribution in [0.4, 0.5) is 5.69 Å². The molecule has 0 spiro atoms. The van der Waals surface area contributed by atoms with Gasteiger partial charge in [0, 0.05) is 5.69 Å². The van der Waals surface area contributed by atoms with Gasteiger partial charge in [0.25, 0.3) is 0 Å². The molecule has 0 aromatic heterocycles. The Morgan fingerprint density at radius 3 is 2.68 bits per heavy atom. The van der Waals surface area contributed by atoms with Crippen molar-refractivity contribution in [3.63, 3.8) is 0 Å². The minimum Gasteiger partial charge on any atom is -0.376 e. The second-order valence-corrected chi connectivity index (χ2v) is 4.96. The lowest BCUT2D eigenvalue weighted by molar-refractivity contribution is 0.0970. The molecule has 0 amide bonds. The molecule has 1 heterocycles.